The fourth-order valence-corrected chi connectivity index (χ4v) is 2.19. The molecule has 0 rings (SSSR count). The van der Waals surface area contributed by atoms with Crippen molar-refractivity contribution in [3.63, 3.8) is 0 Å². The molecular formula is C14H31NO. The second-order valence-corrected chi connectivity index (χ2v) is 5.52. The van der Waals surface area contributed by atoms with Gasteiger partial charge in [-0.2, -0.15) is 0 Å². The highest BCUT2D eigenvalue weighted by Gasteiger charge is 2.20. The summed E-state index contributed by atoms with van der Waals surface area (Å²) in [5, 5.41) is 3.56. The fourth-order valence-electron chi connectivity index (χ4n) is 2.19. The van der Waals surface area contributed by atoms with Gasteiger partial charge in [0.15, 0.2) is 0 Å². The van der Waals surface area contributed by atoms with Gasteiger partial charge in [-0.15, -0.1) is 0 Å². The minimum absolute atomic E-state index is 0.428. The number of ether oxygens (including phenoxy) is 1. The summed E-state index contributed by atoms with van der Waals surface area (Å²) in [5.74, 6) is 0. The molecule has 0 amide bonds. The maximum atomic E-state index is 5.38. The highest BCUT2D eigenvalue weighted by molar-refractivity contribution is 4.75. The van der Waals surface area contributed by atoms with Crippen molar-refractivity contribution in [1.29, 1.82) is 0 Å². The minimum Gasteiger partial charge on any atom is -0.382 e. The van der Waals surface area contributed by atoms with E-state index in [1.165, 1.54) is 25.7 Å². The van der Waals surface area contributed by atoms with Gasteiger partial charge in [0.25, 0.3) is 0 Å². The molecule has 0 aromatic heterocycles. The van der Waals surface area contributed by atoms with Crippen molar-refractivity contribution in [3.05, 3.63) is 0 Å². The SMILES string of the molecule is CCCNC(C)CC(C)(C)CCCOCC. The van der Waals surface area contributed by atoms with Crippen molar-refractivity contribution in [1.82, 2.24) is 5.32 Å². The van der Waals surface area contributed by atoms with Crippen LogP contribution in [0.4, 0.5) is 0 Å². The second-order valence-electron chi connectivity index (χ2n) is 5.52. The largest absolute Gasteiger partial charge is 0.382 e. The predicted octanol–water partition coefficient (Wildman–Crippen LogP) is 3.61. The third kappa shape index (κ3) is 9.17. The maximum Gasteiger partial charge on any atom is 0.0466 e. The quantitative estimate of drug-likeness (QED) is 0.578. The molecule has 0 aliphatic rings. The summed E-state index contributed by atoms with van der Waals surface area (Å²) < 4.78 is 5.38. The molecule has 0 aliphatic heterocycles. The van der Waals surface area contributed by atoms with Crippen LogP contribution in [-0.4, -0.2) is 25.8 Å². The zero-order chi connectivity index (χ0) is 12.4. The van der Waals surface area contributed by atoms with Crippen molar-refractivity contribution >= 4 is 0 Å². The molecule has 2 nitrogen and oxygen atoms in total. The van der Waals surface area contributed by atoms with Crippen LogP contribution in [0, 0.1) is 5.41 Å². The lowest BCUT2D eigenvalue weighted by atomic mass is 9.82. The van der Waals surface area contributed by atoms with Gasteiger partial charge >= 0.3 is 0 Å². The molecule has 0 aliphatic carbocycles. The van der Waals surface area contributed by atoms with Crippen LogP contribution in [0.1, 0.15) is 60.3 Å². The summed E-state index contributed by atoms with van der Waals surface area (Å²) in [7, 11) is 0. The Morgan fingerprint density at radius 2 is 1.94 bits per heavy atom. The van der Waals surface area contributed by atoms with Crippen molar-refractivity contribution in [2.24, 2.45) is 5.41 Å². The maximum absolute atomic E-state index is 5.38. The molecule has 0 spiro atoms. The van der Waals surface area contributed by atoms with E-state index in [0.717, 1.165) is 19.8 Å². The smallest absolute Gasteiger partial charge is 0.0466 e. The van der Waals surface area contributed by atoms with Gasteiger partial charge in [0, 0.05) is 19.3 Å². The average Bonchev–Trinajstić information content (AvgIpc) is 2.21. The molecule has 1 unspecified atom stereocenters. The Morgan fingerprint density at radius 1 is 1.25 bits per heavy atom. The summed E-state index contributed by atoms with van der Waals surface area (Å²) in [6.45, 7) is 14.2. The van der Waals surface area contributed by atoms with Gasteiger partial charge in [0.1, 0.15) is 0 Å². The Bertz CT molecular complexity index is 157. The molecule has 16 heavy (non-hydrogen) atoms. The van der Waals surface area contributed by atoms with Crippen LogP contribution in [0.3, 0.4) is 0 Å². The van der Waals surface area contributed by atoms with Crippen molar-refractivity contribution in [3.8, 4) is 0 Å². The van der Waals surface area contributed by atoms with E-state index < -0.39 is 0 Å². The first-order valence-corrected chi connectivity index (χ1v) is 6.83. The highest BCUT2D eigenvalue weighted by atomic mass is 16.5. The van der Waals surface area contributed by atoms with Gasteiger partial charge in [-0.3, -0.25) is 0 Å². The molecule has 1 atom stereocenters. The highest BCUT2D eigenvalue weighted by Crippen LogP contribution is 2.28. The number of hydrogen-bond donors (Lipinski definition) is 1. The Balaban J connectivity index is 3.66. The lowest BCUT2D eigenvalue weighted by Crippen LogP contribution is -2.31. The van der Waals surface area contributed by atoms with E-state index in [1.54, 1.807) is 0 Å². The van der Waals surface area contributed by atoms with Crippen molar-refractivity contribution in [2.45, 2.75) is 66.3 Å². The Hall–Kier alpha value is -0.0800. The molecule has 0 aromatic rings. The van der Waals surface area contributed by atoms with Crippen LogP contribution in [0.25, 0.3) is 0 Å². The fraction of sp³-hybridized carbons (Fsp3) is 1.00. The van der Waals surface area contributed by atoms with E-state index in [0.29, 0.717) is 11.5 Å². The molecule has 0 heterocycles. The zero-order valence-electron chi connectivity index (χ0n) is 11.9. The van der Waals surface area contributed by atoms with Crippen LogP contribution in [-0.2, 0) is 4.74 Å². The van der Waals surface area contributed by atoms with Crippen LogP contribution in [0.15, 0.2) is 0 Å². The third-order valence-electron chi connectivity index (χ3n) is 2.95. The van der Waals surface area contributed by atoms with Crippen LogP contribution in [0.2, 0.25) is 0 Å². The van der Waals surface area contributed by atoms with E-state index in [9.17, 15) is 0 Å². The van der Waals surface area contributed by atoms with E-state index >= 15 is 0 Å². The van der Waals surface area contributed by atoms with Gasteiger partial charge in [-0.1, -0.05) is 20.8 Å². The first-order chi connectivity index (χ1) is 7.52. The van der Waals surface area contributed by atoms with E-state index in [2.05, 4.69) is 39.9 Å². The van der Waals surface area contributed by atoms with Crippen LogP contribution < -0.4 is 5.32 Å². The number of nitrogens with one attached hydrogen (secondary N) is 1. The molecule has 0 aromatic carbocycles. The van der Waals surface area contributed by atoms with Crippen LogP contribution >= 0.6 is 0 Å². The topological polar surface area (TPSA) is 21.3 Å². The van der Waals surface area contributed by atoms with Crippen molar-refractivity contribution in [2.75, 3.05) is 19.8 Å². The average molecular weight is 229 g/mol. The lowest BCUT2D eigenvalue weighted by Gasteiger charge is -2.28. The molecule has 98 valence electrons. The second kappa shape index (κ2) is 9.00. The minimum atomic E-state index is 0.428. The van der Waals surface area contributed by atoms with Crippen LogP contribution in [0.5, 0.6) is 0 Å². The normalized spacial score (nSPS) is 14.1. The Kier molecular flexibility index (Phi) is 8.96. The van der Waals surface area contributed by atoms with Gasteiger partial charge in [0.05, 0.1) is 0 Å². The summed E-state index contributed by atoms with van der Waals surface area (Å²) in [5.41, 5.74) is 0.428. The zero-order valence-corrected chi connectivity index (χ0v) is 11.9. The van der Waals surface area contributed by atoms with Gasteiger partial charge in [0.2, 0.25) is 0 Å². The number of rotatable bonds is 10. The molecule has 0 radical (unpaired) electrons. The van der Waals surface area contributed by atoms with Crippen molar-refractivity contribution < 1.29 is 4.74 Å². The standard InChI is InChI=1S/C14H31NO/c1-6-10-15-13(3)12-14(4,5)9-8-11-16-7-2/h13,15H,6-12H2,1-5H3. The van der Waals surface area contributed by atoms with Gasteiger partial charge < -0.3 is 10.1 Å². The Labute approximate surface area is 102 Å². The van der Waals surface area contributed by atoms with E-state index in [4.69, 9.17) is 4.74 Å². The predicted molar refractivity (Wildman–Crippen MR) is 71.9 cm³/mol. The first kappa shape index (κ1) is 15.9. The summed E-state index contributed by atoms with van der Waals surface area (Å²) in [4.78, 5) is 0. The molecular weight excluding hydrogens is 198 g/mol. The monoisotopic (exact) mass is 229 g/mol. The molecule has 1 N–H and O–H groups in total. The van der Waals surface area contributed by atoms with E-state index in [-0.39, 0.29) is 0 Å². The molecule has 0 fully saturated rings. The summed E-state index contributed by atoms with van der Waals surface area (Å²) >= 11 is 0. The first-order valence-electron chi connectivity index (χ1n) is 6.83. The molecule has 2 heteroatoms. The molecule has 0 saturated carbocycles. The molecule has 0 saturated heterocycles. The summed E-state index contributed by atoms with van der Waals surface area (Å²) in [6.07, 6.45) is 4.90. The third-order valence-corrected chi connectivity index (χ3v) is 2.95. The number of hydrogen-bond acceptors (Lipinski definition) is 2. The summed E-state index contributed by atoms with van der Waals surface area (Å²) in [6, 6.07) is 0.627. The Morgan fingerprint density at radius 3 is 2.50 bits per heavy atom. The van der Waals surface area contributed by atoms with Gasteiger partial charge in [-0.25, -0.2) is 0 Å². The van der Waals surface area contributed by atoms with Gasteiger partial charge in [-0.05, 0) is 51.5 Å². The van der Waals surface area contributed by atoms with E-state index in [1.807, 2.05) is 0 Å². The lowest BCUT2D eigenvalue weighted by molar-refractivity contribution is 0.129. The molecule has 0 bridgehead atoms.